The number of fused-ring (bicyclic) bond motifs is 1. The van der Waals surface area contributed by atoms with Gasteiger partial charge in [-0.05, 0) is 85.9 Å². The number of hydrogen-bond acceptors (Lipinski definition) is 10. The second kappa shape index (κ2) is 21.2. The lowest BCUT2D eigenvalue weighted by Gasteiger charge is -2.39. The van der Waals surface area contributed by atoms with E-state index >= 15 is 0 Å². The number of thiazole rings is 1. The summed E-state index contributed by atoms with van der Waals surface area (Å²) in [6.07, 6.45) is 6.22. The van der Waals surface area contributed by atoms with Gasteiger partial charge in [-0.3, -0.25) is 29.3 Å². The van der Waals surface area contributed by atoms with Crippen LogP contribution in [0.25, 0.3) is 32.6 Å². The number of rotatable bonds is 15. The van der Waals surface area contributed by atoms with Gasteiger partial charge in [0.1, 0.15) is 29.6 Å². The van der Waals surface area contributed by atoms with Crippen LogP contribution in [0.15, 0.2) is 84.6 Å². The SMILES string of the molecule is Cc1ncsc1-c1ccc([C@H](C)NC(=O)[C@@H]2C[C@@H](O)CN2C(=O)[C@@H](NC(=O)CC2(CNC(=O)c3ccc(-c4n[nH]c5ccc(O[C@H](C)c6c(Cl)cncc6Cl)cc45)cc3)CCCCC2)C(C)(C)C)cc1. The van der Waals surface area contributed by atoms with Crippen LogP contribution < -0.4 is 20.7 Å². The summed E-state index contributed by atoms with van der Waals surface area (Å²) in [5, 5.41) is 29.4. The highest BCUT2D eigenvalue weighted by atomic mass is 35.5. The van der Waals surface area contributed by atoms with E-state index in [9.17, 15) is 24.3 Å². The zero-order chi connectivity index (χ0) is 49.9. The Morgan fingerprint density at radius 3 is 2.29 bits per heavy atom. The van der Waals surface area contributed by atoms with Gasteiger partial charge in [-0.25, -0.2) is 4.98 Å². The molecule has 17 heteroatoms. The molecule has 8 rings (SSSR count). The number of aliphatic hydroxyl groups is 1. The van der Waals surface area contributed by atoms with Crippen molar-refractivity contribution in [3.63, 3.8) is 0 Å². The first-order valence-corrected chi connectivity index (χ1v) is 25.4. The zero-order valence-corrected chi connectivity index (χ0v) is 42.6. The van der Waals surface area contributed by atoms with Gasteiger partial charge in [0.05, 0.1) is 43.8 Å². The molecule has 70 heavy (non-hydrogen) atoms. The first-order valence-electron chi connectivity index (χ1n) is 23.8. The molecule has 1 aliphatic heterocycles. The molecule has 3 aromatic heterocycles. The molecule has 2 aliphatic rings. The Bertz CT molecular complexity index is 2840. The van der Waals surface area contributed by atoms with Crippen molar-refractivity contribution in [2.75, 3.05) is 13.1 Å². The molecule has 0 bridgehead atoms. The van der Waals surface area contributed by atoms with Crippen molar-refractivity contribution in [1.82, 2.24) is 41.0 Å². The standard InChI is InChI=1S/C53H60Cl2N8O6S/c1-30(33-10-14-35(15-11-33)47-31(2)58-29-70-47)59-50(67)43-22-37(64)27-63(43)51(68)48(52(4,5)6)60-44(65)24-53(20-8-7-9-21-53)28-57-49(66)36-16-12-34(13-17-36)46-39-23-38(18-19-42(39)61-62-46)69-32(3)45-40(54)25-56-26-41(45)55/h10-19,23,25-26,29-30,32,37,43,48,64H,7-9,20-22,24,27-28H2,1-6H3,(H,57,66)(H,59,67)(H,60,65)(H,61,62)/t30-,32+,37+,43-,48+/m0/s1. The lowest BCUT2D eigenvalue weighted by atomic mass is 9.71. The monoisotopic (exact) mass is 1010 g/mol. The normalized spacial score (nSPS) is 18.2. The summed E-state index contributed by atoms with van der Waals surface area (Å²) in [7, 11) is 0. The van der Waals surface area contributed by atoms with Crippen LogP contribution in [0.3, 0.4) is 0 Å². The fraction of sp³-hybridized carbons (Fsp3) is 0.415. The van der Waals surface area contributed by atoms with Crippen LogP contribution in [-0.4, -0.2) is 85.1 Å². The maximum absolute atomic E-state index is 14.5. The highest BCUT2D eigenvalue weighted by molar-refractivity contribution is 7.13. The summed E-state index contributed by atoms with van der Waals surface area (Å²) in [4.78, 5) is 67.1. The second-order valence-corrected chi connectivity index (χ2v) is 21.6. The van der Waals surface area contributed by atoms with Crippen LogP contribution in [0.2, 0.25) is 10.0 Å². The van der Waals surface area contributed by atoms with Crippen molar-refractivity contribution < 1.29 is 29.0 Å². The summed E-state index contributed by atoms with van der Waals surface area (Å²) in [5.74, 6) is -0.769. The van der Waals surface area contributed by atoms with Gasteiger partial charge in [-0.15, -0.1) is 11.3 Å². The van der Waals surface area contributed by atoms with Crippen LogP contribution in [0.1, 0.15) is 119 Å². The topological polar surface area (TPSA) is 192 Å². The largest absolute Gasteiger partial charge is 0.486 e. The van der Waals surface area contributed by atoms with Crippen molar-refractivity contribution in [3.8, 4) is 27.4 Å². The van der Waals surface area contributed by atoms with Crippen molar-refractivity contribution in [2.45, 2.75) is 117 Å². The molecular formula is C53H60Cl2N8O6S. The minimum absolute atomic E-state index is 0.0270. The maximum Gasteiger partial charge on any atom is 0.251 e. The molecule has 1 saturated heterocycles. The number of β-amino-alcohol motifs (C(OH)–C–C–N with tert-alkyl or cyclic N) is 1. The van der Waals surface area contributed by atoms with Crippen LogP contribution in [0, 0.1) is 17.8 Å². The predicted octanol–water partition coefficient (Wildman–Crippen LogP) is 9.94. The van der Waals surface area contributed by atoms with Gasteiger partial charge in [-0.2, -0.15) is 5.10 Å². The quantitative estimate of drug-likeness (QED) is 0.0666. The molecule has 3 aromatic carbocycles. The molecule has 14 nitrogen and oxygen atoms in total. The van der Waals surface area contributed by atoms with Gasteiger partial charge in [0.25, 0.3) is 5.91 Å². The Labute approximate surface area is 422 Å². The Hall–Kier alpha value is -5.87. The molecule has 1 saturated carbocycles. The van der Waals surface area contributed by atoms with Gasteiger partial charge in [0.15, 0.2) is 0 Å². The van der Waals surface area contributed by atoms with E-state index in [2.05, 4.69) is 36.1 Å². The average Bonchev–Trinajstić information content (AvgIpc) is 4.07. The molecule has 2 fully saturated rings. The number of benzene rings is 3. The molecule has 6 aromatic rings. The number of nitrogens with zero attached hydrogens (tertiary/aromatic N) is 4. The number of hydrogen-bond donors (Lipinski definition) is 5. The summed E-state index contributed by atoms with van der Waals surface area (Å²) in [6, 6.07) is 18.5. The molecule has 5 atom stereocenters. The number of H-pyrrole nitrogens is 1. The van der Waals surface area contributed by atoms with E-state index in [1.807, 2.05) is 102 Å². The van der Waals surface area contributed by atoms with Gasteiger partial charge in [-0.1, -0.05) is 99.6 Å². The average molecular weight is 1010 g/mol. The number of likely N-dealkylation sites (tertiary alicyclic amines) is 1. The second-order valence-electron chi connectivity index (χ2n) is 19.9. The number of ether oxygens (including phenoxy) is 1. The first-order chi connectivity index (χ1) is 33.4. The van der Waals surface area contributed by atoms with Gasteiger partial charge in [0.2, 0.25) is 17.7 Å². The fourth-order valence-electron chi connectivity index (χ4n) is 9.79. The third-order valence-corrected chi connectivity index (χ3v) is 15.3. The Balaban J connectivity index is 0.895. The summed E-state index contributed by atoms with van der Waals surface area (Å²) < 4.78 is 6.25. The minimum Gasteiger partial charge on any atom is -0.486 e. The Morgan fingerprint density at radius 1 is 0.943 bits per heavy atom. The number of halogens is 2. The first kappa shape index (κ1) is 50.5. The number of aromatic nitrogens is 4. The van der Waals surface area contributed by atoms with E-state index < -0.39 is 41.0 Å². The number of pyridine rings is 1. The molecule has 4 amide bonds. The van der Waals surface area contributed by atoms with Crippen molar-refractivity contribution in [2.24, 2.45) is 10.8 Å². The van der Waals surface area contributed by atoms with Crippen LogP contribution in [0.4, 0.5) is 0 Å². The van der Waals surface area contributed by atoms with E-state index in [1.165, 1.54) is 17.3 Å². The van der Waals surface area contributed by atoms with Crippen molar-refractivity contribution >= 4 is 69.1 Å². The highest BCUT2D eigenvalue weighted by Crippen LogP contribution is 2.40. The Morgan fingerprint density at radius 2 is 1.63 bits per heavy atom. The van der Waals surface area contributed by atoms with E-state index in [1.54, 1.807) is 23.5 Å². The lowest BCUT2D eigenvalue weighted by molar-refractivity contribution is -0.144. The third-order valence-electron chi connectivity index (χ3n) is 13.7. The number of carbonyl (C=O) groups is 4. The van der Waals surface area contributed by atoms with Gasteiger partial charge < -0.3 is 30.7 Å². The van der Waals surface area contributed by atoms with Crippen LogP contribution in [-0.2, 0) is 14.4 Å². The molecule has 0 unspecified atom stereocenters. The fourth-order valence-corrected chi connectivity index (χ4v) is 11.3. The van der Waals surface area contributed by atoms with E-state index in [4.69, 9.17) is 27.9 Å². The maximum atomic E-state index is 14.5. The van der Waals surface area contributed by atoms with Crippen LogP contribution >= 0.6 is 34.5 Å². The number of carbonyl (C=O) groups excluding carboxylic acids is 4. The summed E-state index contributed by atoms with van der Waals surface area (Å²) in [5.41, 5.74) is 6.86. The molecular weight excluding hydrogens is 948 g/mol. The van der Waals surface area contributed by atoms with Crippen LogP contribution in [0.5, 0.6) is 5.75 Å². The molecule has 4 heterocycles. The third kappa shape index (κ3) is 11.3. The number of nitrogens with one attached hydrogen (secondary N) is 4. The smallest absolute Gasteiger partial charge is 0.251 e. The summed E-state index contributed by atoms with van der Waals surface area (Å²) >= 11 is 14.3. The van der Waals surface area contributed by atoms with E-state index in [0.29, 0.717) is 32.6 Å². The van der Waals surface area contributed by atoms with Gasteiger partial charge >= 0.3 is 0 Å². The van der Waals surface area contributed by atoms with Crippen molar-refractivity contribution in [3.05, 3.63) is 117 Å². The lowest BCUT2D eigenvalue weighted by Crippen LogP contribution is -2.58. The predicted molar refractivity (Wildman–Crippen MR) is 274 cm³/mol. The van der Waals surface area contributed by atoms with E-state index in [0.717, 1.165) is 70.3 Å². The summed E-state index contributed by atoms with van der Waals surface area (Å²) in [6.45, 7) is 11.6. The zero-order valence-electron chi connectivity index (χ0n) is 40.3. The molecule has 1 aliphatic carbocycles. The van der Waals surface area contributed by atoms with Crippen molar-refractivity contribution in [1.29, 1.82) is 0 Å². The number of aliphatic hydroxyl groups excluding tert-OH is 1. The number of aromatic amines is 1. The van der Waals surface area contributed by atoms with Gasteiger partial charge in [0, 0.05) is 60.4 Å². The molecule has 0 spiro atoms. The number of aryl methyl sites for hydroxylation is 1. The highest BCUT2D eigenvalue weighted by Gasteiger charge is 2.45. The minimum atomic E-state index is -0.978. The molecule has 0 radical (unpaired) electrons. The van der Waals surface area contributed by atoms with E-state index in [-0.39, 0.29) is 49.7 Å². The molecule has 5 N–H and O–H groups in total. The number of amides is 4. The molecule has 368 valence electrons. The Kier molecular flexibility index (Phi) is 15.3.